The number of aliphatic carboxylic acids is 1. The number of nitrogens with one attached hydrogen (secondary N) is 1. The highest BCUT2D eigenvalue weighted by atomic mass is 16.4. The molecule has 1 aromatic carbocycles. The molecule has 23 heavy (non-hydrogen) atoms. The highest BCUT2D eigenvalue weighted by Crippen LogP contribution is 2.36. The molecule has 0 amide bonds. The van der Waals surface area contributed by atoms with E-state index in [1.165, 1.54) is 12.4 Å². The molecule has 1 aromatic heterocycles. The number of aryl methyl sites for hydroxylation is 1. The van der Waals surface area contributed by atoms with Crippen molar-refractivity contribution in [2.75, 3.05) is 11.9 Å². The van der Waals surface area contributed by atoms with E-state index in [4.69, 9.17) is 5.11 Å². The fourth-order valence-electron chi connectivity index (χ4n) is 2.92. The first-order chi connectivity index (χ1) is 11.0. The quantitative estimate of drug-likeness (QED) is 0.745. The predicted octanol–water partition coefficient (Wildman–Crippen LogP) is 0.574. The summed E-state index contributed by atoms with van der Waals surface area (Å²) >= 11 is 0. The van der Waals surface area contributed by atoms with E-state index < -0.39 is 23.7 Å². The van der Waals surface area contributed by atoms with Gasteiger partial charge in [-0.3, -0.25) is 14.2 Å². The Hall–Kier alpha value is -2.67. The van der Waals surface area contributed by atoms with Gasteiger partial charge in [-0.15, -0.1) is 0 Å². The molecule has 0 saturated heterocycles. The van der Waals surface area contributed by atoms with Crippen molar-refractivity contribution in [3.63, 3.8) is 0 Å². The number of fused-ring (bicyclic) bond motifs is 1. The summed E-state index contributed by atoms with van der Waals surface area (Å²) in [6, 6.07) is 7.66. The smallest absolute Gasteiger partial charge is 0.323 e. The summed E-state index contributed by atoms with van der Waals surface area (Å²) in [4.78, 5) is 26.8. The Labute approximate surface area is 132 Å². The average molecular weight is 315 g/mol. The Balaban J connectivity index is 1.79. The molecule has 120 valence electrons. The molecule has 2 aromatic rings. The van der Waals surface area contributed by atoms with Crippen molar-refractivity contribution in [1.29, 1.82) is 0 Å². The van der Waals surface area contributed by atoms with Gasteiger partial charge in [-0.05, 0) is 24.0 Å². The molecule has 1 aliphatic carbocycles. The number of carboxylic acid groups (broad SMARTS) is 1. The number of hydrogen-bond donors (Lipinski definition) is 3. The van der Waals surface area contributed by atoms with E-state index in [0.717, 1.165) is 22.1 Å². The monoisotopic (exact) mass is 315 g/mol. The van der Waals surface area contributed by atoms with Crippen LogP contribution in [0.1, 0.15) is 17.5 Å². The minimum absolute atomic E-state index is 0.0338. The van der Waals surface area contributed by atoms with Crippen molar-refractivity contribution in [3.8, 4) is 0 Å². The van der Waals surface area contributed by atoms with E-state index in [-0.39, 0.29) is 12.4 Å². The third-order valence-electron chi connectivity index (χ3n) is 4.09. The zero-order valence-electron chi connectivity index (χ0n) is 12.4. The van der Waals surface area contributed by atoms with Crippen molar-refractivity contribution in [2.24, 2.45) is 0 Å². The first kappa shape index (κ1) is 15.2. The molecule has 0 aliphatic heterocycles. The molecule has 0 bridgehead atoms. The van der Waals surface area contributed by atoms with Crippen molar-refractivity contribution in [3.05, 3.63) is 58.1 Å². The van der Waals surface area contributed by atoms with Crippen LogP contribution in [0, 0.1) is 0 Å². The van der Waals surface area contributed by atoms with Crippen LogP contribution < -0.4 is 10.9 Å². The Morgan fingerprint density at radius 3 is 2.96 bits per heavy atom. The average Bonchev–Trinajstić information content (AvgIpc) is 2.86. The molecular formula is C16H17N3O4. The molecule has 7 nitrogen and oxygen atoms in total. The summed E-state index contributed by atoms with van der Waals surface area (Å²) in [5.74, 6) is -1.07. The van der Waals surface area contributed by atoms with Crippen LogP contribution in [0.4, 0.5) is 5.82 Å². The summed E-state index contributed by atoms with van der Waals surface area (Å²) in [5.41, 5.74) is 0.373. The maximum Gasteiger partial charge on any atom is 0.323 e. The first-order valence-corrected chi connectivity index (χ1v) is 7.31. The van der Waals surface area contributed by atoms with Crippen molar-refractivity contribution in [1.82, 2.24) is 9.55 Å². The van der Waals surface area contributed by atoms with Crippen LogP contribution in [0.5, 0.6) is 0 Å². The third-order valence-corrected chi connectivity index (χ3v) is 4.09. The van der Waals surface area contributed by atoms with Gasteiger partial charge in [0.2, 0.25) is 0 Å². The third kappa shape index (κ3) is 2.95. The van der Waals surface area contributed by atoms with Gasteiger partial charge < -0.3 is 15.5 Å². The van der Waals surface area contributed by atoms with Crippen molar-refractivity contribution in [2.45, 2.75) is 25.0 Å². The second kappa shape index (κ2) is 5.85. The van der Waals surface area contributed by atoms with E-state index >= 15 is 0 Å². The number of nitrogens with zero attached hydrogens (tertiary/aromatic N) is 2. The molecule has 1 atom stereocenters. The molecule has 0 fully saturated rings. The highest BCUT2D eigenvalue weighted by Gasteiger charge is 2.36. The highest BCUT2D eigenvalue weighted by molar-refractivity contribution is 5.66. The molecular weight excluding hydrogens is 298 g/mol. The van der Waals surface area contributed by atoms with E-state index in [9.17, 15) is 14.7 Å². The van der Waals surface area contributed by atoms with E-state index in [0.29, 0.717) is 6.42 Å². The fourth-order valence-corrected chi connectivity index (χ4v) is 2.92. The van der Waals surface area contributed by atoms with Gasteiger partial charge in [-0.2, -0.15) is 0 Å². The lowest BCUT2D eigenvalue weighted by atomic mass is 9.96. The zero-order valence-corrected chi connectivity index (χ0v) is 12.4. The summed E-state index contributed by atoms with van der Waals surface area (Å²) in [7, 11) is 0. The summed E-state index contributed by atoms with van der Waals surface area (Å²) in [6.45, 7) is -0.285. The molecule has 7 heteroatoms. The number of rotatable bonds is 5. The molecule has 0 saturated carbocycles. The SMILES string of the molecule is O=C(O)Cn1ccnc(NCC2(O)CCc3ccccc32)c1=O. The lowest BCUT2D eigenvalue weighted by Crippen LogP contribution is -2.35. The normalized spacial score (nSPS) is 19.3. The number of anilines is 1. The molecule has 1 heterocycles. The lowest BCUT2D eigenvalue weighted by molar-refractivity contribution is -0.137. The molecule has 3 N–H and O–H groups in total. The number of carboxylic acids is 1. The Kier molecular flexibility index (Phi) is 3.87. The van der Waals surface area contributed by atoms with Crippen LogP contribution in [-0.2, 0) is 23.4 Å². The maximum absolute atomic E-state index is 12.2. The van der Waals surface area contributed by atoms with E-state index in [1.54, 1.807) is 0 Å². The van der Waals surface area contributed by atoms with Crippen LogP contribution >= 0.6 is 0 Å². The second-order valence-corrected chi connectivity index (χ2v) is 5.64. The lowest BCUT2D eigenvalue weighted by Gasteiger charge is -2.24. The number of hydrogen-bond acceptors (Lipinski definition) is 5. The van der Waals surface area contributed by atoms with Gasteiger partial charge in [0.25, 0.3) is 5.56 Å². The van der Waals surface area contributed by atoms with E-state index in [2.05, 4.69) is 10.3 Å². The second-order valence-electron chi connectivity index (χ2n) is 5.64. The van der Waals surface area contributed by atoms with Gasteiger partial charge in [-0.1, -0.05) is 24.3 Å². The van der Waals surface area contributed by atoms with Gasteiger partial charge in [0, 0.05) is 18.9 Å². The summed E-state index contributed by atoms with van der Waals surface area (Å²) in [6.07, 6.45) is 4.02. The van der Waals surface area contributed by atoms with Crippen LogP contribution in [0.2, 0.25) is 0 Å². The van der Waals surface area contributed by atoms with Crippen LogP contribution in [0.15, 0.2) is 41.5 Å². The summed E-state index contributed by atoms with van der Waals surface area (Å²) in [5, 5.41) is 22.5. The fraction of sp³-hybridized carbons (Fsp3) is 0.312. The molecule has 0 radical (unpaired) electrons. The first-order valence-electron chi connectivity index (χ1n) is 7.31. The van der Waals surface area contributed by atoms with Crippen molar-refractivity contribution >= 4 is 11.8 Å². The molecule has 1 aliphatic rings. The maximum atomic E-state index is 12.2. The van der Waals surface area contributed by atoms with Crippen LogP contribution in [-0.4, -0.2) is 32.3 Å². The van der Waals surface area contributed by atoms with Gasteiger partial charge in [-0.25, -0.2) is 4.98 Å². The summed E-state index contributed by atoms with van der Waals surface area (Å²) < 4.78 is 1.06. The number of aromatic nitrogens is 2. The minimum Gasteiger partial charge on any atom is -0.480 e. The van der Waals surface area contributed by atoms with Gasteiger partial charge in [0.05, 0.1) is 0 Å². The minimum atomic E-state index is -1.10. The van der Waals surface area contributed by atoms with E-state index in [1.807, 2.05) is 24.3 Å². The Morgan fingerprint density at radius 2 is 2.17 bits per heavy atom. The zero-order chi connectivity index (χ0) is 16.4. The Morgan fingerprint density at radius 1 is 1.39 bits per heavy atom. The topological polar surface area (TPSA) is 104 Å². The molecule has 3 rings (SSSR count). The predicted molar refractivity (Wildman–Crippen MR) is 83.3 cm³/mol. The number of benzene rings is 1. The van der Waals surface area contributed by atoms with Gasteiger partial charge in [0.1, 0.15) is 12.1 Å². The van der Waals surface area contributed by atoms with Gasteiger partial charge >= 0.3 is 5.97 Å². The van der Waals surface area contributed by atoms with Crippen molar-refractivity contribution < 1.29 is 15.0 Å². The van der Waals surface area contributed by atoms with Crippen LogP contribution in [0.25, 0.3) is 0 Å². The molecule has 1 unspecified atom stereocenters. The largest absolute Gasteiger partial charge is 0.480 e. The molecule has 0 spiro atoms. The van der Waals surface area contributed by atoms with Crippen LogP contribution in [0.3, 0.4) is 0 Å². The number of carbonyl (C=O) groups is 1. The van der Waals surface area contributed by atoms with Gasteiger partial charge in [0.15, 0.2) is 5.82 Å². The Bertz CT molecular complexity index is 802. The number of aliphatic hydroxyl groups is 1. The standard InChI is InChI=1S/C16H17N3O4/c20-13(21)9-19-8-7-17-14(15(19)22)18-10-16(23)6-5-11-3-1-2-4-12(11)16/h1-4,7-8,23H,5-6,9-10H2,(H,17,18)(H,20,21).